The van der Waals surface area contributed by atoms with E-state index >= 15 is 0 Å². The zero-order chi connectivity index (χ0) is 22.6. The summed E-state index contributed by atoms with van der Waals surface area (Å²) in [6.07, 6.45) is -0.132. The van der Waals surface area contributed by atoms with E-state index in [-0.39, 0.29) is 5.91 Å². The summed E-state index contributed by atoms with van der Waals surface area (Å²) < 4.78 is 17.2. The number of hydrogen-bond acceptors (Lipinski definition) is 7. The number of benzene rings is 1. The molecule has 8 nitrogen and oxygen atoms in total. The first-order valence-electron chi connectivity index (χ1n) is 10.2. The van der Waals surface area contributed by atoms with Crippen LogP contribution in [-0.2, 0) is 20.7 Å². The lowest BCUT2D eigenvalue weighted by Gasteiger charge is -2.46. The van der Waals surface area contributed by atoms with Crippen molar-refractivity contribution in [2.24, 2.45) is 0 Å². The van der Waals surface area contributed by atoms with Crippen molar-refractivity contribution in [2.45, 2.75) is 57.4 Å². The van der Waals surface area contributed by atoms with Crippen LogP contribution in [0.25, 0.3) is 11.1 Å². The molecule has 1 fully saturated rings. The zero-order valence-electron chi connectivity index (χ0n) is 18.2. The number of nitrogens with zero attached hydrogens (tertiary/aromatic N) is 1. The second-order valence-electron chi connectivity index (χ2n) is 8.13. The Balaban J connectivity index is 1.86. The molecule has 8 heteroatoms. The molecule has 1 aromatic heterocycles. The van der Waals surface area contributed by atoms with E-state index in [2.05, 4.69) is 10.3 Å². The van der Waals surface area contributed by atoms with Crippen LogP contribution in [-0.4, -0.2) is 65.0 Å². The first-order valence-corrected chi connectivity index (χ1v) is 10.2. The van der Waals surface area contributed by atoms with Gasteiger partial charge in [0, 0.05) is 33.0 Å². The zero-order valence-corrected chi connectivity index (χ0v) is 18.2. The Morgan fingerprint density at radius 3 is 2.55 bits per heavy atom. The highest BCUT2D eigenvalue weighted by Gasteiger charge is 2.50. The molecule has 0 aliphatic carbocycles. The molecule has 0 saturated carbocycles. The van der Waals surface area contributed by atoms with Crippen molar-refractivity contribution in [2.75, 3.05) is 13.7 Å². The molecule has 1 aromatic carbocycles. The predicted molar refractivity (Wildman–Crippen MR) is 114 cm³/mol. The second-order valence-corrected chi connectivity index (χ2v) is 8.13. The van der Waals surface area contributed by atoms with E-state index in [1.54, 1.807) is 32.3 Å². The van der Waals surface area contributed by atoms with Gasteiger partial charge in [0.1, 0.15) is 24.1 Å². The van der Waals surface area contributed by atoms with Crippen LogP contribution >= 0.6 is 0 Å². The lowest BCUT2D eigenvalue weighted by Crippen LogP contribution is -2.63. The first-order chi connectivity index (χ1) is 14.7. The molecule has 1 aliphatic rings. The summed E-state index contributed by atoms with van der Waals surface area (Å²) in [5.74, 6) is 0.405. The highest BCUT2D eigenvalue weighted by molar-refractivity contribution is 5.73. The molecule has 1 unspecified atom stereocenters. The monoisotopic (exact) mass is 430 g/mol. The molecule has 4 atom stereocenters. The van der Waals surface area contributed by atoms with Crippen LogP contribution in [0.2, 0.25) is 0 Å². The summed E-state index contributed by atoms with van der Waals surface area (Å²) in [6.45, 7) is 5.55. The molecular formula is C23H30N2O6. The summed E-state index contributed by atoms with van der Waals surface area (Å²) >= 11 is 0. The van der Waals surface area contributed by atoms with Crippen molar-refractivity contribution in [3.63, 3.8) is 0 Å². The Morgan fingerprint density at radius 1 is 1.19 bits per heavy atom. The van der Waals surface area contributed by atoms with Crippen molar-refractivity contribution >= 4 is 5.91 Å². The minimum absolute atomic E-state index is 0.0793. The summed E-state index contributed by atoms with van der Waals surface area (Å²) in [5, 5.41) is 23.8. The number of ether oxygens (including phenoxy) is 3. The van der Waals surface area contributed by atoms with Gasteiger partial charge in [0.15, 0.2) is 0 Å². The smallest absolute Gasteiger partial charge is 0.229 e. The maximum absolute atomic E-state index is 11.2. The first kappa shape index (κ1) is 23.1. The van der Waals surface area contributed by atoms with Crippen molar-refractivity contribution in [1.29, 1.82) is 0 Å². The van der Waals surface area contributed by atoms with Gasteiger partial charge in [-0.25, -0.2) is 0 Å². The SMILES string of the molecule is COC1[C@@H](O)[C@@H](O)[C@@H](Oc2ccc(CCNC(C)=O)c(-c3ccncc3)c2)OC1(C)C. The van der Waals surface area contributed by atoms with Gasteiger partial charge in [0.2, 0.25) is 12.2 Å². The van der Waals surface area contributed by atoms with Gasteiger partial charge in [-0.05, 0) is 61.2 Å². The Bertz CT molecular complexity index is 889. The number of pyridine rings is 1. The third-order valence-electron chi connectivity index (χ3n) is 5.39. The lowest BCUT2D eigenvalue weighted by atomic mass is 9.89. The van der Waals surface area contributed by atoms with Gasteiger partial charge in [0.25, 0.3) is 0 Å². The molecule has 1 aliphatic heterocycles. The van der Waals surface area contributed by atoms with Gasteiger partial charge in [-0.15, -0.1) is 0 Å². The van der Waals surface area contributed by atoms with Crippen LogP contribution < -0.4 is 10.1 Å². The number of carbonyl (C=O) groups is 1. The number of carbonyl (C=O) groups excluding carboxylic acids is 1. The van der Waals surface area contributed by atoms with E-state index < -0.39 is 30.2 Å². The van der Waals surface area contributed by atoms with E-state index in [1.807, 2.05) is 24.3 Å². The molecule has 0 spiro atoms. The van der Waals surface area contributed by atoms with Crippen LogP contribution in [0, 0.1) is 0 Å². The summed E-state index contributed by atoms with van der Waals surface area (Å²) in [7, 11) is 1.47. The van der Waals surface area contributed by atoms with Crippen molar-refractivity contribution in [3.05, 3.63) is 48.3 Å². The molecule has 0 radical (unpaired) electrons. The Labute approximate surface area is 182 Å². The fraction of sp³-hybridized carbons (Fsp3) is 0.478. The quantitative estimate of drug-likeness (QED) is 0.613. The van der Waals surface area contributed by atoms with Gasteiger partial charge in [-0.2, -0.15) is 0 Å². The Hall–Kier alpha value is -2.52. The van der Waals surface area contributed by atoms with E-state index in [9.17, 15) is 15.0 Å². The average Bonchev–Trinajstić information content (AvgIpc) is 2.73. The normalized spacial score (nSPS) is 25.1. The predicted octanol–water partition coefficient (Wildman–Crippen LogP) is 1.68. The van der Waals surface area contributed by atoms with Crippen LogP contribution in [0.3, 0.4) is 0 Å². The Kier molecular flexibility index (Phi) is 7.27. The maximum atomic E-state index is 11.2. The molecule has 1 amide bonds. The number of methoxy groups -OCH3 is 1. The molecule has 31 heavy (non-hydrogen) atoms. The number of aromatic nitrogens is 1. The topological polar surface area (TPSA) is 110 Å². The van der Waals surface area contributed by atoms with Gasteiger partial charge >= 0.3 is 0 Å². The number of amides is 1. The van der Waals surface area contributed by atoms with E-state index in [1.165, 1.54) is 14.0 Å². The number of rotatable bonds is 7. The second kappa shape index (κ2) is 9.74. The lowest BCUT2D eigenvalue weighted by molar-refractivity contribution is -0.305. The molecule has 2 heterocycles. The Morgan fingerprint density at radius 2 is 1.90 bits per heavy atom. The van der Waals surface area contributed by atoms with E-state index in [4.69, 9.17) is 14.2 Å². The molecule has 0 bridgehead atoms. The third kappa shape index (κ3) is 5.40. The maximum Gasteiger partial charge on any atom is 0.229 e. The van der Waals surface area contributed by atoms with Crippen molar-refractivity contribution < 1.29 is 29.2 Å². The average molecular weight is 431 g/mol. The van der Waals surface area contributed by atoms with Crippen LogP contribution in [0.15, 0.2) is 42.7 Å². The number of aliphatic hydroxyl groups is 2. The highest BCUT2D eigenvalue weighted by atomic mass is 16.7. The molecule has 1 saturated heterocycles. The molecule has 2 aromatic rings. The molecule has 3 N–H and O–H groups in total. The minimum Gasteiger partial charge on any atom is -0.462 e. The molecular weight excluding hydrogens is 400 g/mol. The van der Waals surface area contributed by atoms with Gasteiger partial charge in [-0.3, -0.25) is 9.78 Å². The van der Waals surface area contributed by atoms with Gasteiger partial charge < -0.3 is 29.7 Å². The number of nitrogens with one attached hydrogen (secondary N) is 1. The van der Waals surface area contributed by atoms with E-state index in [0.29, 0.717) is 18.7 Å². The minimum atomic E-state index is -1.28. The van der Waals surface area contributed by atoms with Crippen LogP contribution in [0.5, 0.6) is 5.75 Å². The number of hydrogen-bond donors (Lipinski definition) is 3. The van der Waals surface area contributed by atoms with E-state index in [0.717, 1.165) is 16.7 Å². The summed E-state index contributed by atoms with van der Waals surface area (Å²) in [6, 6.07) is 9.34. The largest absolute Gasteiger partial charge is 0.462 e. The standard InChI is InChI=1S/C23H30N2O6/c1-14(26)25-12-9-15-5-6-17(13-18(15)16-7-10-24-11-8-16)30-22-20(28)19(27)21(29-4)23(2,3)31-22/h5-8,10-11,13,19-22,27-28H,9,12H2,1-4H3,(H,25,26)/t19-,20+,21?,22-/m0/s1. The summed E-state index contributed by atoms with van der Waals surface area (Å²) in [5.41, 5.74) is 2.04. The third-order valence-corrected chi connectivity index (χ3v) is 5.39. The molecule has 168 valence electrons. The van der Waals surface area contributed by atoms with Gasteiger partial charge in [0.05, 0.1) is 5.60 Å². The highest BCUT2D eigenvalue weighted by Crippen LogP contribution is 2.34. The van der Waals surface area contributed by atoms with Crippen molar-refractivity contribution in [3.8, 4) is 16.9 Å². The van der Waals surface area contributed by atoms with Crippen molar-refractivity contribution in [1.82, 2.24) is 10.3 Å². The van der Waals surface area contributed by atoms with Crippen LogP contribution in [0.4, 0.5) is 0 Å². The van der Waals surface area contributed by atoms with Crippen LogP contribution in [0.1, 0.15) is 26.3 Å². The van der Waals surface area contributed by atoms with Gasteiger partial charge in [-0.1, -0.05) is 6.07 Å². The molecule has 3 rings (SSSR count). The fourth-order valence-electron chi connectivity index (χ4n) is 3.86. The number of aliphatic hydroxyl groups excluding tert-OH is 2. The summed E-state index contributed by atoms with van der Waals surface area (Å²) in [4.78, 5) is 15.3. The fourth-order valence-corrected chi connectivity index (χ4v) is 3.86.